The Morgan fingerprint density at radius 3 is 2.64 bits per heavy atom. The van der Waals surface area contributed by atoms with E-state index < -0.39 is 4.92 Å². The van der Waals surface area contributed by atoms with Gasteiger partial charge in [-0.2, -0.15) is 0 Å². The van der Waals surface area contributed by atoms with Crippen LogP contribution in [0.2, 0.25) is 0 Å². The van der Waals surface area contributed by atoms with Gasteiger partial charge in [0, 0.05) is 58.1 Å². The highest BCUT2D eigenvalue weighted by Gasteiger charge is 2.10. The number of nitrogens with zero attached hydrogens (tertiary/aromatic N) is 3. The summed E-state index contributed by atoms with van der Waals surface area (Å²) in [6.07, 6.45) is 0.898. The molecule has 2 N–H and O–H groups in total. The molecule has 0 radical (unpaired) electrons. The first kappa shape index (κ1) is 22.1. The first-order chi connectivity index (χ1) is 13.7. The third kappa shape index (κ3) is 8.64. The van der Waals surface area contributed by atoms with Crippen LogP contribution in [0, 0.1) is 10.1 Å². The van der Waals surface area contributed by atoms with Gasteiger partial charge in [-0.1, -0.05) is 12.1 Å². The molecular weight excluding hydrogens is 362 g/mol. The molecule has 0 bridgehead atoms. The van der Waals surface area contributed by atoms with Gasteiger partial charge < -0.3 is 20.1 Å². The van der Waals surface area contributed by atoms with Crippen LogP contribution in [0.1, 0.15) is 18.9 Å². The number of nitro groups is 1. The Bertz CT molecular complexity index is 603. The SMILES string of the molecule is CCOCCCNC(=NCc1ccc([N+](=O)[O-])cc1)NCCN1CCOCC1. The molecule has 1 aromatic carbocycles. The van der Waals surface area contributed by atoms with Crippen LogP contribution in [0.15, 0.2) is 29.3 Å². The molecule has 0 amide bonds. The zero-order chi connectivity index (χ0) is 20.0. The molecule has 1 aromatic rings. The number of aliphatic imine (C=N–C) groups is 1. The van der Waals surface area contributed by atoms with Gasteiger partial charge >= 0.3 is 0 Å². The van der Waals surface area contributed by atoms with Crippen molar-refractivity contribution in [1.82, 2.24) is 15.5 Å². The van der Waals surface area contributed by atoms with Crippen LogP contribution in [0.5, 0.6) is 0 Å². The lowest BCUT2D eigenvalue weighted by molar-refractivity contribution is -0.384. The highest BCUT2D eigenvalue weighted by Crippen LogP contribution is 2.12. The van der Waals surface area contributed by atoms with Gasteiger partial charge in [-0.3, -0.25) is 15.0 Å². The highest BCUT2D eigenvalue weighted by atomic mass is 16.6. The zero-order valence-electron chi connectivity index (χ0n) is 16.6. The van der Waals surface area contributed by atoms with E-state index >= 15 is 0 Å². The van der Waals surface area contributed by atoms with E-state index in [0.29, 0.717) is 13.2 Å². The molecule has 1 aliphatic rings. The van der Waals surface area contributed by atoms with Crippen molar-refractivity contribution in [1.29, 1.82) is 0 Å². The first-order valence-corrected chi connectivity index (χ1v) is 9.82. The largest absolute Gasteiger partial charge is 0.382 e. The lowest BCUT2D eigenvalue weighted by Gasteiger charge is -2.26. The summed E-state index contributed by atoms with van der Waals surface area (Å²) in [7, 11) is 0. The maximum atomic E-state index is 10.8. The summed E-state index contributed by atoms with van der Waals surface area (Å²) in [5.74, 6) is 0.739. The molecule has 0 aromatic heterocycles. The van der Waals surface area contributed by atoms with Gasteiger partial charge in [0.2, 0.25) is 0 Å². The predicted octanol–water partition coefficient (Wildman–Crippen LogP) is 1.39. The second kappa shape index (κ2) is 13.0. The Balaban J connectivity index is 1.83. The predicted molar refractivity (Wildman–Crippen MR) is 109 cm³/mol. The quantitative estimate of drug-likeness (QED) is 0.193. The molecule has 9 nitrogen and oxygen atoms in total. The molecule has 0 aliphatic carbocycles. The summed E-state index contributed by atoms with van der Waals surface area (Å²) < 4.78 is 10.7. The van der Waals surface area contributed by atoms with Gasteiger partial charge in [-0.25, -0.2) is 4.99 Å². The fourth-order valence-electron chi connectivity index (χ4n) is 2.75. The number of benzene rings is 1. The molecule has 1 saturated heterocycles. The molecule has 1 fully saturated rings. The smallest absolute Gasteiger partial charge is 0.269 e. The summed E-state index contributed by atoms with van der Waals surface area (Å²) in [6, 6.07) is 6.49. The average Bonchev–Trinajstić information content (AvgIpc) is 2.72. The summed E-state index contributed by atoms with van der Waals surface area (Å²) in [5, 5.41) is 17.4. The highest BCUT2D eigenvalue weighted by molar-refractivity contribution is 5.79. The third-order valence-electron chi connectivity index (χ3n) is 4.35. The number of rotatable bonds is 11. The monoisotopic (exact) mass is 393 g/mol. The Hall–Kier alpha value is -2.23. The topological polar surface area (TPSA) is 101 Å². The average molecular weight is 393 g/mol. The van der Waals surface area contributed by atoms with Crippen LogP contribution in [0.4, 0.5) is 5.69 Å². The number of nitrogens with one attached hydrogen (secondary N) is 2. The van der Waals surface area contributed by atoms with Crippen molar-refractivity contribution in [2.45, 2.75) is 19.9 Å². The van der Waals surface area contributed by atoms with E-state index in [9.17, 15) is 10.1 Å². The van der Waals surface area contributed by atoms with Gasteiger partial charge in [-0.15, -0.1) is 0 Å². The molecule has 2 rings (SSSR count). The fourth-order valence-corrected chi connectivity index (χ4v) is 2.75. The van der Waals surface area contributed by atoms with Crippen LogP contribution >= 0.6 is 0 Å². The number of nitro benzene ring substituents is 1. The standard InChI is InChI=1S/C19H31N5O4/c1-2-27-13-3-8-20-19(21-9-10-23-11-14-28-15-12-23)22-16-17-4-6-18(7-5-17)24(25)26/h4-7H,2-3,8-16H2,1H3,(H2,20,21,22). The first-order valence-electron chi connectivity index (χ1n) is 9.82. The van der Waals surface area contributed by atoms with Crippen LogP contribution in [0.25, 0.3) is 0 Å². The van der Waals surface area contributed by atoms with Gasteiger partial charge in [0.25, 0.3) is 5.69 Å². The van der Waals surface area contributed by atoms with Crippen LogP contribution in [0.3, 0.4) is 0 Å². The van der Waals surface area contributed by atoms with Crippen molar-refractivity contribution in [3.63, 3.8) is 0 Å². The fraction of sp³-hybridized carbons (Fsp3) is 0.632. The lowest BCUT2D eigenvalue weighted by Crippen LogP contribution is -2.44. The number of hydrogen-bond donors (Lipinski definition) is 2. The number of ether oxygens (including phenoxy) is 2. The Morgan fingerprint density at radius 2 is 1.96 bits per heavy atom. The van der Waals surface area contributed by atoms with Crippen molar-refractivity contribution >= 4 is 11.6 Å². The number of non-ortho nitro benzene ring substituents is 1. The maximum absolute atomic E-state index is 10.8. The van der Waals surface area contributed by atoms with Crippen LogP contribution in [-0.4, -0.2) is 74.9 Å². The van der Waals surface area contributed by atoms with Gasteiger partial charge in [-0.05, 0) is 18.9 Å². The molecule has 9 heteroatoms. The number of hydrogen-bond acceptors (Lipinski definition) is 6. The van der Waals surface area contributed by atoms with Crippen LogP contribution < -0.4 is 10.6 Å². The molecule has 156 valence electrons. The second-order valence-corrected chi connectivity index (χ2v) is 6.45. The van der Waals surface area contributed by atoms with Crippen molar-refractivity contribution in [2.24, 2.45) is 4.99 Å². The van der Waals surface area contributed by atoms with Gasteiger partial charge in [0.15, 0.2) is 5.96 Å². The zero-order valence-corrected chi connectivity index (χ0v) is 16.6. The molecule has 0 unspecified atom stereocenters. The number of morpholine rings is 1. The van der Waals surface area contributed by atoms with E-state index in [2.05, 4.69) is 20.5 Å². The summed E-state index contributed by atoms with van der Waals surface area (Å²) in [4.78, 5) is 17.3. The molecule has 1 heterocycles. The normalized spacial score (nSPS) is 15.4. The summed E-state index contributed by atoms with van der Waals surface area (Å²) in [5.41, 5.74) is 1.01. The summed E-state index contributed by atoms with van der Waals surface area (Å²) in [6.45, 7) is 9.85. The van der Waals surface area contributed by atoms with E-state index in [1.54, 1.807) is 12.1 Å². The van der Waals surface area contributed by atoms with E-state index in [1.165, 1.54) is 12.1 Å². The molecule has 1 aliphatic heterocycles. The Kier molecular flexibility index (Phi) is 10.3. The number of guanidine groups is 1. The van der Waals surface area contributed by atoms with Crippen molar-refractivity contribution in [3.05, 3.63) is 39.9 Å². The van der Waals surface area contributed by atoms with Crippen LogP contribution in [-0.2, 0) is 16.0 Å². The third-order valence-corrected chi connectivity index (χ3v) is 4.35. The molecule has 0 spiro atoms. The lowest BCUT2D eigenvalue weighted by atomic mass is 10.2. The van der Waals surface area contributed by atoms with E-state index in [-0.39, 0.29) is 5.69 Å². The van der Waals surface area contributed by atoms with Crippen molar-refractivity contribution < 1.29 is 14.4 Å². The molecule has 0 saturated carbocycles. The maximum Gasteiger partial charge on any atom is 0.269 e. The van der Waals surface area contributed by atoms with E-state index in [1.807, 2.05) is 6.92 Å². The minimum Gasteiger partial charge on any atom is -0.382 e. The molecule has 0 atom stereocenters. The minimum atomic E-state index is -0.397. The van der Waals surface area contributed by atoms with E-state index in [4.69, 9.17) is 9.47 Å². The van der Waals surface area contributed by atoms with E-state index in [0.717, 1.165) is 70.5 Å². The Labute approximate surface area is 166 Å². The van der Waals surface area contributed by atoms with Gasteiger partial charge in [0.1, 0.15) is 0 Å². The summed E-state index contributed by atoms with van der Waals surface area (Å²) >= 11 is 0. The van der Waals surface area contributed by atoms with Gasteiger partial charge in [0.05, 0.1) is 24.7 Å². The second-order valence-electron chi connectivity index (χ2n) is 6.45. The molecular formula is C19H31N5O4. The Morgan fingerprint density at radius 1 is 1.25 bits per heavy atom. The van der Waals surface area contributed by atoms with Crippen molar-refractivity contribution in [2.75, 3.05) is 59.2 Å². The van der Waals surface area contributed by atoms with Crippen molar-refractivity contribution in [3.8, 4) is 0 Å². The molecule has 28 heavy (non-hydrogen) atoms. The minimum absolute atomic E-state index is 0.0886.